The molecule has 29 heavy (non-hydrogen) atoms. The van der Waals surface area contributed by atoms with E-state index in [1.165, 1.54) is 11.1 Å². The molecule has 7 nitrogen and oxygen atoms in total. The van der Waals surface area contributed by atoms with Crippen molar-refractivity contribution in [2.75, 3.05) is 53.0 Å². The fraction of sp³-hybridized carbons (Fsp3) is 0.619. The van der Waals surface area contributed by atoms with Crippen LogP contribution in [0.5, 0.6) is 0 Å². The van der Waals surface area contributed by atoms with E-state index in [0.717, 1.165) is 45.8 Å². The Labute approximate surface area is 191 Å². The number of carbonyl (C=O) groups is 1. The van der Waals surface area contributed by atoms with Gasteiger partial charge in [0, 0.05) is 45.3 Å². The second-order valence-electron chi connectivity index (χ2n) is 8.03. The summed E-state index contributed by atoms with van der Waals surface area (Å²) in [7, 11) is 1.73. The van der Waals surface area contributed by atoms with Crippen molar-refractivity contribution in [1.82, 2.24) is 20.4 Å². The van der Waals surface area contributed by atoms with E-state index in [2.05, 4.69) is 52.6 Å². The number of guanidine groups is 1. The van der Waals surface area contributed by atoms with Crippen LogP contribution in [0.25, 0.3) is 0 Å². The second-order valence-corrected chi connectivity index (χ2v) is 8.03. The zero-order valence-corrected chi connectivity index (χ0v) is 20.1. The van der Waals surface area contributed by atoms with Gasteiger partial charge in [0.05, 0.1) is 19.8 Å². The second kappa shape index (κ2) is 11.1. The highest BCUT2D eigenvalue weighted by molar-refractivity contribution is 14.0. The molecular formula is C21H34IN5O2. The molecule has 2 heterocycles. The van der Waals surface area contributed by atoms with E-state index in [4.69, 9.17) is 4.74 Å². The minimum atomic E-state index is -0.0119. The summed E-state index contributed by atoms with van der Waals surface area (Å²) in [5.74, 6) is 0.761. The molecule has 0 saturated carbocycles. The Bertz CT molecular complexity index is 704. The highest BCUT2D eigenvalue weighted by atomic mass is 127. The number of aliphatic imine (C=N–C) groups is 1. The maximum Gasteiger partial charge on any atom is 0.242 e. The summed E-state index contributed by atoms with van der Waals surface area (Å²) in [6, 6.07) is 8.35. The lowest BCUT2D eigenvalue weighted by Crippen LogP contribution is -2.57. The first kappa shape index (κ1) is 23.9. The van der Waals surface area contributed by atoms with Crippen LogP contribution in [0.15, 0.2) is 29.3 Å². The topological polar surface area (TPSA) is 69.2 Å². The minimum absolute atomic E-state index is 0. The molecule has 162 valence electrons. The number of halogens is 1. The van der Waals surface area contributed by atoms with Crippen molar-refractivity contribution in [3.05, 3.63) is 35.4 Å². The average molecular weight is 515 g/mol. The Morgan fingerprint density at radius 3 is 2.52 bits per heavy atom. The van der Waals surface area contributed by atoms with Gasteiger partial charge in [-0.15, -0.1) is 24.0 Å². The van der Waals surface area contributed by atoms with Gasteiger partial charge >= 0.3 is 0 Å². The van der Waals surface area contributed by atoms with Gasteiger partial charge in [-0.2, -0.15) is 0 Å². The molecule has 2 aliphatic rings. The molecule has 0 spiro atoms. The van der Waals surface area contributed by atoms with Crippen LogP contribution >= 0.6 is 24.0 Å². The van der Waals surface area contributed by atoms with Crippen LogP contribution in [0.2, 0.25) is 0 Å². The minimum Gasteiger partial charge on any atom is -0.379 e. The Morgan fingerprint density at radius 2 is 1.83 bits per heavy atom. The number of carbonyl (C=O) groups excluding carboxylic acids is 1. The summed E-state index contributed by atoms with van der Waals surface area (Å²) in [5, 5.41) is 6.54. The standard InChI is InChI=1S/C21H33N5O2.HI/c1-21(2,26-10-12-28-13-11-26)16-24-20(22-3)23-14-19(27)25-9-8-17-6-4-5-7-18(17)15-25;/h4-7H,8-16H2,1-3H3,(H2,22,23,24);1H. The molecular weight excluding hydrogens is 481 g/mol. The summed E-state index contributed by atoms with van der Waals surface area (Å²) in [6.45, 7) is 10.3. The van der Waals surface area contributed by atoms with Gasteiger partial charge in [-0.05, 0) is 31.4 Å². The first-order valence-corrected chi connectivity index (χ1v) is 10.1. The number of benzene rings is 1. The van der Waals surface area contributed by atoms with Crippen LogP contribution < -0.4 is 10.6 Å². The summed E-state index contributed by atoms with van der Waals surface area (Å²) in [4.78, 5) is 21.2. The number of amides is 1. The van der Waals surface area contributed by atoms with Gasteiger partial charge < -0.3 is 20.3 Å². The van der Waals surface area contributed by atoms with Crippen LogP contribution in [-0.4, -0.2) is 80.2 Å². The predicted molar refractivity (Wildman–Crippen MR) is 127 cm³/mol. The molecule has 1 saturated heterocycles. The summed E-state index contributed by atoms with van der Waals surface area (Å²) < 4.78 is 5.45. The van der Waals surface area contributed by atoms with Crippen molar-refractivity contribution < 1.29 is 9.53 Å². The van der Waals surface area contributed by atoms with Crippen LogP contribution in [0.4, 0.5) is 0 Å². The zero-order chi connectivity index (χ0) is 20.0. The lowest BCUT2D eigenvalue weighted by atomic mass is 10.00. The predicted octanol–water partition coefficient (Wildman–Crippen LogP) is 1.47. The number of hydrogen-bond acceptors (Lipinski definition) is 4. The largest absolute Gasteiger partial charge is 0.379 e. The van der Waals surface area contributed by atoms with Gasteiger partial charge in [0.1, 0.15) is 0 Å². The smallest absolute Gasteiger partial charge is 0.242 e. The van der Waals surface area contributed by atoms with Crippen LogP contribution in [0.3, 0.4) is 0 Å². The molecule has 0 atom stereocenters. The third kappa shape index (κ3) is 6.55. The molecule has 1 aromatic carbocycles. The first-order chi connectivity index (χ1) is 13.5. The quantitative estimate of drug-likeness (QED) is 0.353. The van der Waals surface area contributed by atoms with Crippen molar-refractivity contribution in [3.63, 3.8) is 0 Å². The average Bonchev–Trinajstić information content (AvgIpc) is 2.74. The van der Waals surface area contributed by atoms with Crippen molar-refractivity contribution in [1.29, 1.82) is 0 Å². The fourth-order valence-corrected chi connectivity index (χ4v) is 3.78. The summed E-state index contributed by atoms with van der Waals surface area (Å²) in [5.41, 5.74) is 2.58. The zero-order valence-electron chi connectivity index (χ0n) is 17.7. The van der Waals surface area contributed by atoms with Crippen molar-refractivity contribution in [2.45, 2.75) is 32.4 Å². The third-order valence-electron chi connectivity index (χ3n) is 5.67. The van der Waals surface area contributed by atoms with Crippen molar-refractivity contribution >= 4 is 35.8 Å². The maximum absolute atomic E-state index is 12.6. The molecule has 8 heteroatoms. The number of fused-ring (bicyclic) bond motifs is 1. The summed E-state index contributed by atoms with van der Waals surface area (Å²) >= 11 is 0. The number of rotatable bonds is 5. The molecule has 0 radical (unpaired) electrons. The van der Waals surface area contributed by atoms with Crippen LogP contribution in [-0.2, 0) is 22.5 Å². The highest BCUT2D eigenvalue weighted by Crippen LogP contribution is 2.18. The summed E-state index contributed by atoms with van der Waals surface area (Å²) in [6.07, 6.45) is 0.919. The van der Waals surface area contributed by atoms with E-state index < -0.39 is 0 Å². The molecule has 2 N–H and O–H groups in total. The molecule has 0 bridgehead atoms. The van der Waals surface area contributed by atoms with Gasteiger partial charge in [-0.1, -0.05) is 24.3 Å². The molecule has 0 aromatic heterocycles. The number of nitrogens with zero attached hydrogens (tertiary/aromatic N) is 3. The number of ether oxygens (including phenoxy) is 1. The maximum atomic E-state index is 12.6. The molecule has 1 amide bonds. The number of nitrogens with one attached hydrogen (secondary N) is 2. The number of morpholine rings is 1. The third-order valence-corrected chi connectivity index (χ3v) is 5.67. The fourth-order valence-electron chi connectivity index (χ4n) is 3.78. The van der Waals surface area contributed by atoms with Crippen LogP contribution in [0.1, 0.15) is 25.0 Å². The monoisotopic (exact) mass is 515 g/mol. The first-order valence-electron chi connectivity index (χ1n) is 10.1. The molecule has 0 aliphatic carbocycles. The molecule has 1 aromatic rings. The lowest BCUT2D eigenvalue weighted by Gasteiger charge is -2.41. The number of hydrogen-bond donors (Lipinski definition) is 2. The Morgan fingerprint density at radius 1 is 1.14 bits per heavy atom. The normalized spacial score (nSPS) is 17.9. The highest BCUT2D eigenvalue weighted by Gasteiger charge is 2.28. The van der Waals surface area contributed by atoms with Gasteiger partial charge in [0.15, 0.2) is 5.96 Å². The molecule has 3 rings (SSSR count). The molecule has 0 unspecified atom stereocenters. The Hall–Kier alpha value is -1.39. The van der Waals surface area contributed by atoms with Gasteiger partial charge in [0.2, 0.25) is 5.91 Å². The van der Waals surface area contributed by atoms with Crippen molar-refractivity contribution in [3.8, 4) is 0 Å². The van der Waals surface area contributed by atoms with Gasteiger partial charge in [-0.25, -0.2) is 0 Å². The van der Waals surface area contributed by atoms with E-state index in [0.29, 0.717) is 12.5 Å². The Kier molecular flexibility index (Phi) is 9.16. The van der Waals surface area contributed by atoms with E-state index in [1.807, 2.05) is 11.0 Å². The van der Waals surface area contributed by atoms with E-state index in [9.17, 15) is 4.79 Å². The molecule has 1 fully saturated rings. The van der Waals surface area contributed by atoms with Crippen molar-refractivity contribution in [2.24, 2.45) is 4.99 Å². The molecule has 2 aliphatic heterocycles. The lowest BCUT2D eigenvalue weighted by molar-refractivity contribution is -0.130. The van der Waals surface area contributed by atoms with Gasteiger partial charge in [0.25, 0.3) is 0 Å². The van der Waals surface area contributed by atoms with Gasteiger partial charge in [-0.3, -0.25) is 14.7 Å². The van der Waals surface area contributed by atoms with E-state index >= 15 is 0 Å². The van der Waals surface area contributed by atoms with E-state index in [1.54, 1.807) is 7.05 Å². The van der Waals surface area contributed by atoms with Crippen LogP contribution in [0, 0.1) is 0 Å². The SMILES string of the molecule is CN=C(NCC(=O)N1CCc2ccccc2C1)NCC(C)(C)N1CCOCC1.I. The van der Waals surface area contributed by atoms with E-state index in [-0.39, 0.29) is 42.0 Å². The Balaban J connectivity index is 0.00000300.